The summed E-state index contributed by atoms with van der Waals surface area (Å²) in [6, 6.07) is 15.1. The minimum absolute atomic E-state index is 0.145. The number of guanidine groups is 4. The molecule has 0 bridgehead atoms. The normalized spacial score (nSPS) is 13.1. The zero-order valence-electron chi connectivity index (χ0n) is 18.7. The molecule has 2 aromatic carbocycles. The Kier molecular flexibility index (Phi) is 11.9. The number of halogens is 2. The first-order chi connectivity index (χ1) is 16.3. The zero-order chi connectivity index (χ0) is 24.8. The van der Waals surface area contributed by atoms with Crippen molar-refractivity contribution in [2.45, 2.75) is 25.7 Å². The Morgan fingerprint density at radius 2 is 0.941 bits per heavy atom. The first-order valence-corrected chi connectivity index (χ1v) is 12.2. The lowest BCUT2D eigenvalue weighted by Gasteiger charge is -2.05. The topological polar surface area (TPSA) is 178 Å². The summed E-state index contributed by atoms with van der Waals surface area (Å²) in [5.41, 5.74) is 25.0. The van der Waals surface area contributed by atoms with E-state index in [9.17, 15) is 0 Å². The van der Waals surface area contributed by atoms with Crippen LogP contribution in [0.1, 0.15) is 25.7 Å². The summed E-state index contributed by atoms with van der Waals surface area (Å²) in [4.78, 5) is 16.6. The molecule has 0 unspecified atom stereocenters. The molecule has 0 radical (unpaired) electrons. The van der Waals surface area contributed by atoms with E-state index in [1.807, 2.05) is 48.5 Å². The summed E-state index contributed by atoms with van der Waals surface area (Å²) in [6.07, 6.45) is 3.74. The molecule has 0 aromatic heterocycles. The average molecular weight is 594 g/mol. The van der Waals surface area contributed by atoms with Crippen LogP contribution in [0.25, 0.3) is 0 Å². The molecule has 34 heavy (non-hydrogen) atoms. The van der Waals surface area contributed by atoms with Gasteiger partial charge in [-0.05, 0) is 61.4 Å². The Morgan fingerprint density at radius 1 is 0.588 bits per heavy atom. The van der Waals surface area contributed by atoms with Crippen LogP contribution in [0.3, 0.4) is 0 Å². The summed E-state index contributed by atoms with van der Waals surface area (Å²) in [5.74, 6) is 0.669. The molecule has 0 aliphatic rings. The van der Waals surface area contributed by atoms with Gasteiger partial charge in [0.25, 0.3) is 0 Å². The van der Waals surface area contributed by atoms with Gasteiger partial charge in [0.15, 0.2) is 0 Å². The predicted octanol–water partition coefficient (Wildman–Crippen LogP) is 3.55. The number of nitrogens with zero attached hydrogens (tertiary/aromatic N) is 4. The van der Waals surface area contributed by atoms with E-state index >= 15 is 0 Å². The van der Waals surface area contributed by atoms with Crippen LogP contribution >= 0.6 is 31.9 Å². The molecule has 0 fully saturated rings. The van der Waals surface area contributed by atoms with Crippen LogP contribution in [-0.4, -0.2) is 36.9 Å². The second-order valence-corrected chi connectivity index (χ2v) is 8.98. The third-order valence-electron chi connectivity index (χ3n) is 4.32. The number of anilines is 2. The third kappa shape index (κ3) is 11.7. The predicted molar refractivity (Wildman–Crippen MR) is 150 cm³/mol. The number of benzene rings is 2. The Labute approximate surface area is 216 Å². The molecular weight excluding hydrogens is 564 g/mol. The van der Waals surface area contributed by atoms with Crippen LogP contribution < -0.4 is 33.6 Å². The molecular formula is C22H30Br2N10. The van der Waals surface area contributed by atoms with Gasteiger partial charge in [-0.3, -0.25) is 9.98 Å². The van der Waals surface area contributed by atoms with Crippen molar-refractivity contribution in [2.24, 2.45) is 42.9 Å². The van der Waals surface area contributed by atoms with Crippen molar-refractivity contribution in [3.63, 3.8) is 0 Å². The Bertz CT molecular complexity index is 931. The van der Waals surface area contributed by atoms with E-state index in [1.54, 1.807) is 0 Å². The fourth-order valence-electron chi connectivity index (χ4n) is 2.70. The number of nitrogens with one attached hydrogen (secondary N) is 2. The first-order valence-electron chi connectivity index (χ1n) is 10.6. The van der Waals surface area contributed by atoms with Crippen molar-refractivity contribution >= 4 is 67.1 Å². The minimum Gasteiger partial charge on any atom is -0.369 e. The second-order valence-electron chi connectivity index (χ2n) is 7.15. The maximum Gasteiger partial charge on any atom is 0.218 e. The van der Waals surface area contributed by atoms with Gasteiger partial charge in [0.2, 0.25) is 23.8 Å². The van der Waals surface area contributed by atoms with Gasteiger partial charge in [-0.25, -0.2) is 0 Å². The molecule has 2 rings (SSSR count). The SMILES string of the molecule is NC(=NCCCCCCN=C(N)/N=C(\N)Nc1ccc(Br)cc1)/N=C(\N)Nc1ccc(Br)cc1. The van der Waals surface area contributed by atoms with Crippen molar-refractivity contribution in [2.75, 3.05) is 23.7 Å². The Balaban J connectivity index is 1.61. The van der Waals surface area contributed by atoms with Gasteiger partial charge in [0.1, 0.15) is 0 Å². The van der Waals surface area contributed by atoms with Gasteiger partial charge >= 0.3 is 0 Å². The molecule has 0 saturated carbocycles. The van der Waals surface area contributed by atoms with Crippen molar-refractivity contribution < 1.29 is 0 Å². The highest BCUT2D eigenvalue weighted by atomic mass is 79.9. The molecule has 0 amide bonds. The Morgan fingerprint density at radius 3 is 1.29 bits per heavy atom. The van der Waals surface area contributed by atoms with E-state index in [0.29, 0.717) is 13.1 Å². The maximum absolute atomic E-state index is 5.85. The summed E-state index contributed by atoms with van der Waals surface area (Å²) in [5, 5.41) is 5.92. The van der Waals surface area contributed by atoms with Crippen LogP contribution in [0.2, 0.25) is 0 Å². The smallest absolute Gasteiger partial charge is 0.218 e. The Hall–Kier alpha value is -3.12. The molecule has 0 atom stereocenters. The van der Waals surface area contributed by atoms with Gasteiger partial charge in [-0.2, -0.15) is 9.98 Å². The van der Waals surface area contributed by atoms with Crippen molar-refractivity contribution in [1.82, 2.24) is 0 Å². The van der Waals surface area contributed by atoms with Crippen molar-refractivity contribution in [1.29, 1.82) is 0 Å². The standard InChI is InChI=1S/C22H30Br2N10/c23-15-5-9-17(10-6-15)31-21(27)33-19(25)29-13-3-1-2-4-14-30-20(26)34-22(28)32-18-11-7-16(24)8-12-18/h5-12H,1-4,13-14H2,(H5,25,27,29,31,33)(H5,26,28,30,32,34). The number of hydrogen-bond donors (Lipinski definition) is 6. The summed E-state index contributed by atoms with van der Waals surface area (Å²) in [6.45, 7) is 1.16. The first kappa shape index (κ1) is 27.1. The number of rotatable bonds is 9. The van der Waals surface area contributed by atoms with Gasteiger partial charge < -0.3 is 33.6 Å². The lowest BCUT2D eigenvalue weighted by atomic mass is 10.2. The van der Waals surface area contributed by atoms with E-state index < -0.39 is 0 Å². The van der Waals surface area contributed by atoms with E-state index in [1.165, 1.54) is 0 Å². The lowest BCUT2D eigenvalue weighted by molar-refractivity contribution is 0.653. The highest BCUT2D eigenvalue weighted by molar-refractivity contribution is 9.10. The molecule has 0 aliphatic heterocycles. The molecule has 10 nitrogen and oxygen atoms in total. The molecule has 0 saturated heterocycles. The van der Waals surface area contributed by atoms with Crippen LogP contribution in [0.4, 0.5) is 11.4 Å². The zero-order valence-corrected chi connectivity index (χ0v) is 21.9. The van der Waals surface area contributed by atoms with Gasteiger partial charge in [0, 0.05) is 33.4 Å². The van der Waals surface area contributed by atoms with E-state index in [0.717, 1.165) is 46.0 Å². The van der Waals surface area contributed by atoms with Crippen LogP contribution in [0.5, 0.6) is 0 Å². The number of aliphatic imine (C=N–C) groups is 4. The van der Waals surface area contributed by atoms with E-state index in [-0.39, 0.29) is 23.8 Å². The highest BCUT2D eigenvalue weighted by Crippen LogP contribution is 2.14. The molecule has 12 heteroatoms. The van der Waals surface area contributed by atoms with Crippen LogP contribution in [0.15, 0.2) is 77.4 Å². The number of hydrogen-bond acceptors (Lipinski definition) is 2. The van der Waals surface area contributed by atoms with Gasteiger partial charge in [-0.1, -0.05) is 44.7 Å². The van der Waals surface area contributed by atoms with Gasteiger partial charge in [0.05, 0.1) is 0 Å². The number of unbranched alkanes of at least 4 members (excludes halogenated alkanes) is 3. The van der Waals surface area contributed by atoms with Crippen molar-refractivity contribution in [3.8, 4) is 0 Å². The van der Waals surface area contributed by atoms with Crippen LogP contribution in [-0.2, 0) is 0 Å². The number of nitrogens with two attached hydrogens (primary N) is 4. The second kappa shape index (κ2) is 14.9. The summed E-state index contributed by atoms with van der Waals surface area (Å²) >= 11 is 6.76. The molecule has 10 N–H and O–H groups in total. The highest BCUT2D eigenvalue weighted by Gasteiger charge is 1.98. The quantitative estimate of drug-likeness (QED) is 0.147. The monoisotopic (exact) mass is 592 g/mol. The fraction of sp³-hybridized carbons (Fsp3) is 0.273. The molecule has 2 aromatic rings. The van der Waals surface area contributed by atoms with Gasteiger partial charge in [-0.15, -0.1) is 0 Å². The van der Waals surface area contributed by atoms with E-state index in [4.69, 9.17) is 22.9 Å². The molecule has 182 valence electrons. The fourth-order valence-corrected chi connectivity index (χ4v) is 3.23. The third-order valence-corrected chi connectivity index (χ3v) is 5.37. The molecule has 0 spiro atoms. The molecule has 0 heterocycles. The maximum atomic E-state index is 5.85. The van der Waals surface area contributed by atoms with Crippen molar-refractivity contribution in [3.05, 3.63) is 57.5 Å². The van der Waals surface area contributed by atoms with Crippen LogP contribution in [0, 0.1) is 0 Å². The lowest BCUT2D eigenvalue weighted by Crippen LogP contribution is -2.26. The summed E-state index contributed by atoms with van der Waals surface area (Å²) in [7, 11) is 0. The average Bonchev–Trinajstić information content (AvgIpc) is 2.78. The summed E-state index contributed by atoms with van der Waals surface area (Å²) < 4.78 is 1.96. The largest absolute Gasteiger partial charge is 0.369 e. The van der Waals surface area contributed by atoms with E-state index in [2.05, 4.69) is 62.5 Å². The molecule has 0 aliphatic carbocycles. The minimum atomic E-state index is 0.145.